The third kappa shape index (κ3) is 5.13. The van der Waals surface area contributed by atoms with E-state index in [1.165, 1.54) is 18.2 Å². The zero-order chi connectivity index (χ0) is 23.4. The van der Waals surface area contributed by atoms with Gasteiger partial charge in [-0.2, -0.15) is 0 Å². The fourth-order valence-electron chi connectivity index (χ4n) is 3.24. The summed E-state index contributed by atoms with van der Waals surface area (Å²) in [6.07, 6.45) is 0. The van der Waals surface area contributed by atoms with Crippen molar-refractivity contribution in [1.82, 2.24) is 9.97 Å². The van der Waals surface area contributed by atoms with Gasteiger partial charge in [-0.15, -0.1) is 0 Å². The molecule has 0 aliphatic carbocycles. The number of aryl methyl sites for hydroxylation is 1. The van der Waals surface area contributed by atoms with Gasteiger partial charge in [-0.1, -0.05) is 36.4 Å². The molecular formula is C25H20N4O4. The molecule has 0 radical (unpaired) electrons. The van der Waals surface area contributed by atoms with Crippen LogP contribution in [0.4, 0.5) is 17.2 Å². The van der Waals surface area contributed by atoms with Crippen LogP contribution in [0.25, 0.3) is 11.3 Å². The quantitative estimate of drug-likeness (QED) is 0.316. The average molecular weight is 440 g/mol. The number of nitrogens with one attached hydrogen (secondary N) is 2. The molecule has 0 spiro atoms. The maximum Gasteiger partial charge on any atom is 0.335 e. The number of carbonyl (C=O) groups excluding carboxylic acids is 1. The number of benzene rings is 3. The summed E-state index contributed by atoms with van der Waals surface area (Å²) in [7, 11) is 0. The Hall–Kier alpha value is -4.72. The van der Waals surface area contributed by atoms with Gasteiger partial charge in [0.15, 0.2) is 0 Å². The van der Waals surface area contributed by atoms with Gasteiger partial charge in [-0.3, -0.25) is 4.79 Å². The summed E-state index contributed by atoms with van der Waals surface area (Å²) >= 11 is 0. The number of hydrogen-bond acceptors (Lipinski definition) is 6. The minimum atomic E-state index is -1.16. The number of aromatic hydroxyl groups is 1. The number of carboxylic acid groups (broad SMARTS) is 1. The van der Waals surface area contributed by atoms with Gasteiger partial charge in [-0.05, 0) is 43.3 Å². The van der Waals surface area contributed by atoms with Gasteiger partial charge in [0, 0.05) is 22.9 Å². The number of rotatable bonds is 6. The topological polar surface area (TPSA) is 124 Å². The summed E-state index contributed by atoms with van der Waals surface area (Å²) in [6, 6.07) is 22.0. The van der Waals surface area contributed by atoms with Crippen LogP contribution >= 0.6 is 0 Å². The third-order valence-electron chi connectivity index (χ3n) is 4.80. The molecule has 4 aromatic rings. The minimum Gasteiger partial charge on any atom is -0.506 e. The number of hydrogen-bond donors (Lipinski definition) is 4. The van der Waals surface area contributed by atoms with E-state index in [2.05, 4.69) is 20.6 Å². The molecule has 4 rings (SSSR count). The van der Waals surface area contributed by atoms with Crippen molar-refractivity contribution in [3.8, 4) is 17.0 Å². The van der Waals surface area contributed by atoms with Crippen molar-refractivity contribution in [3.05, 3.63) is 95.8 Å². The lowest BCUT2D eigenvalue weighted by Gasteiger charge is -2.11. The molecule has 0 saturated heterocycles. The van der Waals surface area contributed by atoms with Crippen LogP contribution in [0, 0.1) is 6.92 Å². The lowest BCUT2D eigenvalue weighted by atomic mass is 10.1. The lowest BCUT2D eigenvalue weighted by Crippen LogP contribution is -2.13. The molecule has 0 saturated carbocycles. The highest BCUT2D eigenvalue weighted by atomic mass is 16.4. The lowest BCUT2D eigenvalue weighted by molar-refractivity contribution is 0.0696. The Morgan fingerprint density at radius 1 is 0.848 bits per heavy atom. The molecule has 0 aliphatic rings. The van der Waals surface area contributed by atoms with Crippen molar-refractivity contribution in [1.29, 1.82) is 0 Å². The van der Waals surface area contributed by atoms with Crippen LogP contribution in [0.5, 0.6) is 5.75 Å². The zero-order valence-electron chi connectivity index (χ0n) is 17.6. The summed E-state index contributed by atoms with van der Waals surface area (Å²) in [5.74, 6) is -0.716. The van der Waals surface area contributed by atoms with Crippen molar-refractivity contribution < 1.29 is 19.8 Å². The fourth-order valence-corrected chi connectivity index (χ4v) is 3.24. The Balaban J connectivity index is 1.55. The first-order valence-electron chi connectivity index (χ1n) is 10.0. The summed E-state index contributed by atoms with van der Waals surface area (Å²) in [5, 5.41) is 24.8. The number of carboxylic acids is 1. The molecule has 1 aromatic heterocycles. The molecule has 0 fully saturated rings. The predicted molar refractivity (Wildman–Crippen MR) is 125 cm³/mol. The molecular weight excluding hydrogens is 420 g/mol. The van der Waals surface area contributed by atoms with Crippen molar-refractivity contribution >= 4 is 29.1 Å². The number of aromatic nitrogens is 2. The van der Waals surface area contributed by atoms with Crippen molar-refractivity contribution in [2.45, 2.75) is 6.92 Å². The largest absolute Gasteiger partial charge is 0.506 e. The minimum absolute atomic E-state index is 0.0113. The molecule has 0 atom stereocenters. The summed E-state index contributed by atoms with van der Waals surface area (Å²) in [6.45, 7) is 1.80. The molecule has 0 bridgehead atoms. The van der Waals surface area contributed by atoms with E-state index in [1.807, 2.05) is 36.4 Å². The van der Waals surface area contributed by atoms with Crippen LogP contribution in [0.1, 0.15) is 26.5 Å². The van der Waals surface area contributed by atoms with E-state index >= 15 is 0 Å². The summed E-state index contributed by atoms with van der Waals surface area (Å²) < 4.78 is 0. The smallest absolute Gasteiger partial charge is 0.335 e. The van der Waals surface area contributed by atoms with E-state index in [9.17, 15) is 14.7 Å². The highest BCUT2D eigenvalue weighted by Gasteiger charge is 2.13. The molecule has 8 heteroatoms. The Labute approximate surface area is 189 Å². The maximum atomic E-state index is 12.7. The van der Waals surface area contributed by atoms with E-state index < -0.39 is 11.9 Å². The van der Waals surface area contributed by atoms with Gasteiger partial charge in [0.1, 0.15) is 17.4 Å². The van der Waals surface area contributed by atoms with Gasteiger partial charge in [0.25, 0.3) is 5.91 Å². The van der Waals surface area contributed by atoms with Crippen LogP contribution in [-0.4, -0.2) is 32.1 Å². The van der Waals surface area contributed by atoms with Gasteiger partial charge in [0.2, 0.25) is 0 Å². The Bertz CT molecular complexity index is 1340. The van der Waals surface area contributed by atoms with Crippen LogP contribution in [0.2, 0.25) is 0 Å². The SMILES string of the molecule is Cc1nc(Nc2cccc(C(=O)Nc3cc(C(=O)O)ccc3O)c2)cc(-c2ccccc2)n1. The van der Waals surface area contributed by atoms with E-state index in [0.717, 1.165) is 11.3 Å². The second-order valence-corrected chi connectivity index (χ2v) is 7.25. The summed E-state index contributed by atoms with van der Waals surface area (Å²) in [5.41, 5.74) is 2.64. The molecule has 33 heavy (non-hydrogen) atoms. The van der Waals surface area contributed by atoms with Crippen molar-refractivity contribution in [3.63, 3.8) is 0 Å². The number of phenolic OH excluding ortho intramolecular Hbond substituents is 1. The first kappa shape index (κ1) is 21.5. The molecule has 0 aliphatic heterocycles. The van der Waals surface area contributed by atoms with E-state index in [-0.39, 0.29) is 17.0 Å². The monoisotopic (exact) mass is 440 g/mol. The van der Waals surface area contributed by atoms with E-state index in [4.69, 9.17) is 5.11 Å². The van der Waals surface area contributed by atoms with Crippen molar-refractivity contribution in [2.24, 2.45) is 0 Å². The highest BCUT2D eigenvalue weighted by Crippen LogP contribution is 2.26. The fraction of sp³-hybridized carbons (Fsp3) is 0.0400. The highest BCUT2D eigenvalue weighted by molar-refractivity contribution is 6.06. The second-order valence-electron chi connectivity index (χ2n) is 7.25. The molecule has 0 unspecified atom stereocenters. The molecule has 1 amide bonds. The first-order chi connectivity index (χ1) is 15.9. The van der Waals surface area contributed by atoms with Crippen LogP contribution in [-0.2, 0) is 0 Å². The third-order valence-corrected chi connectivity index (χ3v) is 4.80. The Kier molecular flexibility index (Phi) is 5.99. The number of carbonyl (C=O) groups is 2. The van der Waals surface area contributed by atoms with Crippen LogP contribution < -0.4 is 10.6 Å². The van der Waals surface area contributed by atoms with E-state index in [1.54, 1.807) is 31.2 Å². The van der Waals surface area contributed by atoms with Gasteiger partial charge in [-0.25, -0.2) is 14.8 Å². The van der Waals surface area contributed by atoms with E-state index in [0.29, 0.717) is 22.9 Å². The standard InChI is InChI=1S/C25H20N4O4/c1-15-26-20(16-6-3-2-4-7-16)14-23(27-15)28-19-9-5-8-17(12-19)24(31)29-21-13-18(25(32)33)10-11-22(21)30/h2-14,30H,1H3,(H,29,31)(H,32,33)(H,26,27,28). The van der Waals surface area contributed by atoms with Gasteiger partial charge < -0.3 is 20.8 Å². The number of phenols is 1. The van der Waals surface area contributed by atoms with Crippen LogP contribution in [0.15, 0.2) is 78.9 Å². The zero-order valence-corrected chi connectivity index (χ0v) is 17.6. The van der Waals surface area contributed by atoms with Gasteiger partial charge in [0.05, 0.1) is 16.9 Å². The average Bonchev–Trinajstić information content (AvgIpc) is 2.80. The molecule has 8 nitrogen and oxygen atoms in total. The van der Waals surface area contributed by atoms with Gasteiger partial charge >= 0.3 is 5.97 Å². The van der Waals surface area contributed by atoms with Crippen molar-refractivity contribution in [2.75, 3.05) is 10.6 Å². The predicted octanol–water partition coefficient (Wildman–Crippen LogP) is 4.85. The Morgan fingerprint density at radius 2 is 1.64 bits per heavy atom. The van der Waals surface area contributed by atoms with Crippen LogP contribution in [0.3, 0.4) is 0 Å². The molecule has 1 heterocycles. The molecule has 4 N–H and O–H groups in total. The number of aromatic carboxylic acids is 1. The molecule has 3 aromatic carbocycles. The Morgan fingerprint density at radius 3 is 2.39 bits per heavy atom. The number of anilines is 3. The maximum absolute atomic E-state index is 12.7. The second kappa shape index (κ2) is 9.19. The number of amides is 1. The summed E-state index contributed by atoms with van der Waals surface area (Å²) in [4.78, 5) is 32.8. The number of nitrogens with zero attached hydrogens (tertiary/aromatic N) is 2. The first-order valence-corrected chi connectivity index (χ1v) is 10.0. The normalized spacial score (nSPS) is 10.5. The molecule has 164 valence electrons.